The van der Waals surface area contributed by atoms with Crippen LogP contribution in [-0.2, 0) is 20.7 Å². The molecular weight excluding hydrogens is 561 g/mol. The Morgan fingerprint density at radius 1 is 1.02 bits per heavy atom. The fraction of sp³-hybridized carbons (Fsp3) is 0.214. The van der Waals surface area contributed by atoms with E-state index in [9.17, 15) is 32.9 Å². The summed E-state index contributed by atoms with van der Waals surface area (Å²) in [5.41, 5.74) is 8.66. The van der Waals surface area contributed by atoms with Crippen LogP contribution < -0.4 is 11.1 Å². The van der Waals surface area contributed by atoms with Crippen LogP contribution in [0.1, 0.15) is 28.4 Å². The molecule has 5 N–H and O–H groups in total. The molecular formula is C28H27F3N4O7. The van der Waals surface area contributed by atoms with E-state index >= 15 is 0 Å². The van der Waals surface area contributed by atoms with E-state index in [0.29, 0.717) is 23.1 Å². The molecule has 1 amide bonds. The smallest absolute Gasteiger partial charge is 0.475 e. The molecule has 3 aromatic rings. The molecule has 0 saturated carbocycles. The quantitative estimate of drug-likeness (QED) is 0.0935. The van der Waals surface area contributed by atoms with Crippen LogP contribution in [0.4, 0.5) is 18.9 Å². The number of nitrogen functional groups attached to an aromatic ring is 1. The van der Waals surface area contributed by atoms with Crippen molar-refractivity contribution in [3.8, 4) is 11.1 Å². The van der Waals surface area contributed by atoms with Gasteiger partial charge in [0.25, 0.3) is 11.6 Å². The molecule has 0 heterocycles. The number of hydrogen-bond donors (Lipinski definition) is 4. The number of amides is 1. The van der Waals surface area contributed by atoms with Crippen molar-refractivity contribution >= 4 is 29.4 Å². The standard InChI is InChI=1S/C26H26N4O5.C2HF3O2/c1-16(23(26(32)35-2)14-17-5-3-7-21(13-17)24(27)28)29-25(31)19-11-9-18(10-12-19)20-6-4-8-22(15-20)30(33)34;3-2(4,5)1(6)7/h3-13,15-16,23H,14H2,1-2H3,(H3,27,28)(H,29,31);(H,6,7)/t16-,23-;/m1./s1. The van der Waals surface area contributed by atoms with Crippen LogP contribution in [0.15, 0.2) is 72.8 Å². The number of halogens is 3. The van der Waals surface area contributed by atoms with Gasteiger partial charge in [0.1, 0.15) is 5.84 Å². The number of alkyl halides is 3. The SMILES string of the molecule is COC(=O)[C@H](Cc1cccc(C(=N)N)c1)[C@@H](C)NC(=O)c1ccc(-c2cccc([N+](=O)[O-])c2)cc1.O=C(O)C(F)(F)F. The lowest BCUT2D eigenvalue weighted by Gasteiger charge is -2.23. The molecule has 0 saturated heterocycles. The molecule has 0 unspecified atom stereocenters. The van der Waals surface area contributed by atoms with Crippen molar-refractivity contribution in [1.29, 1.82) is 5.41 Å². The molecule has 0 bridgehead atoms. The van der Waals surface area contributed by atoms with E-state index in [-0.39, 0.29) is 17.4 Å². The first kappa shape index (κ1) is 32.9. The fourth-order valence-electron chi connectivity index (χ4n) is 3.74. The molecule has 0 aliphatic carbocycles. The van der Waals surface area contributed by atoms with Crippen LogP contribution in [0.2, 0.25) is 0 Å². The minimum absolute atomic E-state index is 0.0131. The van der Waals surface area contributed by atoms with E-state index in [4.69, 9.17) is 25.8 Å². The molecule has 3 aromatic carbocycles. The number of benzene rings is 3. The number of carbonyl (C=O) groups is 3. The Morgan fingerprint density at radius 2 is 1.62 bits per heavy atom. The molecule has 3 rings (SSSR count). The third kappa shape index (κ3) is 9.43. The number of hydrogen-bond acceptors (Lipinski definition) is 7. The zero-order valence-electron chi connectivity index (χ0n) is 22.3. The Morgan fingerprint density at radius 3 is 2.14 bits per heavy atom. The highest BCUT2D eigenvalue weighted by Gasteiger charge is 2.38. The molecule has 0 aliphatic rings. The van der Waals surface area contributed by atoms with Crippen LogP contribution in [-0.4, -0.2) is 53.0 Å². The number of non-ortho nitro benzene ring substituents is 1. The number of aliphatic carboxylic acids is 1. The van der Waals surface area contributed by atoms with Gasteiger partial charge in [0.15, 0.2) is 0 Å². The Balaban J connectivity index is 0.000000782. The van der Waals surface area contributed by atoms with E-state index in [2.05, 4.69) is 5.32 Å². The van der Waals surface area contributed by atoms with Crippen molar-refractivity contribution in [2.45, 2.75) is 25.6 Å². The van der Waals surface area contributed by atoms with Gasteiger partial charge in [0, 0.05) is 29.3 Å². The maximum absolute atomic E-state index is 12.9. The Hall–Kier alpha value is -5.27. The molecule has 0 spiro atoms. The maximum atomic E-state index is 12.9. The van der Waals surface area contributed by atoms with Crippen molar-refractivity contribution in [3.63, 3.8) is 0 Å². The van der Waals surface area contributed by atoms with Crippen molar-refractivity contribution in [2.75, 3.05) is 7.11 Å². The molecule has 14 heteroatoms. The summed E-state index contributed by atoms with van der Waals surface area (Å²) in [6.07, 6.45) is -4.79. The highest BCUT2D eigenvalue weighted by atomic mass is 19.4. The van der Waals surface area contributed by atoms with Gasteiger partial charge in [0.2, 0.25) is 0 Å². The predicted octanol–water partition coefficient (Wildman–Crippen LogP) is 4.33. The molecule has 222 valence electrons. The number of carboxylic acids is 1. The van der Waals surface area contributed by atoms with Gasteiger partial charge < -0.3 is 20.9 Å². The number of nitro groups is 1. The van der Waals surface area contributed by atoms with E-state index in [1.165, 1.54) is 19.2 Å². The Labute approximate surface area is 237 Å². The lowest BCUT2D eigenvalue weighted by molar-refractivity contribution is -0.384. The monoisotopic (exact) mass is 588 g/mol. The third-order valence-corrected chi connectivity index (χ3v) is 5.94. The summed E-state index contributed by atoms with van der Waals surface area (Å²) in [6.45, 7) is 1.73. The number of amidine groups is 1. The summed E-state index contributed by atoms with van der Waals surface area (Å²) in [5, 5.41) is 28.6. The van der Waals surface area contributed by atoms with Crippen LogP contribution in [0.25, 0.3) is 11.1 Å². The van der Waals surface area contributed by atoms with Gasteiger partial charge in [-0.3, -0.25) is 25.1 Å². The number of esters is 1. The number of carboxylic acid groups (broad SMARTS) is 1. The van der Waals surface area contributed by atoms with Gasteiger partial charge in [-0.1, -0.05) is 42.5 Å². The topological polar surface area (TPSA) is 186 Å². The zero-order valence-corrected chi connectivity index (χ0v) is 22.3. The summed E-state index contributed by atoms with van der Waals surface area (Å²) in [4.78, 5) is 44.8. The first-order valence-electron chi connectivity index (χ1n) is 12.1. The molecule has 42 heavy (non-hydrogen) atoms. The maximum Gasteiger partial charge on any atom is 0.490 e. The van der Waals surface area contributed by atoms with Gasteiger partial charge in [-0.25, -0.2) is 4.79 Å². The van der Waals surface area contributed by atoms with E-state index < -0.39 is 35.0 Å². The second kappa shape index (κ2) is 14.4. The first-order valence-corrected chi connectivity index (χ1v) is 12.1. The summed E-state index contributed by atoms with van der Waals surface area (Å²) in [7, 11) is 1.29. The van der Waals surface area contributed by atoms with Crippen LogP contribution in [0.3, 0.4) is 0 Å². The second-order valence-corrected chi connectivity index (χ2v) is 8.90. The summed E-state index contributed by atoms with van der Waals surface area (Å²) < 4.78 is 36.7. The molecule has 0 aliphatic heterocycles. The number of ether oxygens (including phenoxy) is 1. The predicted molar refractivity (Wildman–Crippen MR) is 146 cm³/mol. The van der Waals surface area contributed by atoms with Crippen molar-refractivity contribution in [1.82, 2.24) is 5.32 Å². The van der Waals surface area contributed by atoms with Crippen LogP contribution in [0.5, 0.6) is 0 Å². The van der Waals surface area contributed by atoms with Gasteiger partial charge >= 0.3 is 18.1 Å². The number of rotatable bonds is 9. The van der Waals surface area contributed by atoms with Gasteiger partial charge in [-0.15, -0.1) is 0 Å². The van der Waals surface area contributed by atoms with Gasteiger partial charge in [-0.05, 0) is 48.2 Å². The highest BCUT2D eigenvalue weighted by molar-refractivity contribution is 5.96. The number of methoxy groups -OCH3 is 1. The lowest BCUT2D eigenvalue weighted by atomic mass is 9.92. The third-order valence-electron chi connectivity index (χ3n) is 5.94. The number of nitrogens with two attached hydrogens (primary N) is 1. The van der Waals surface area contributed by atoms with Gasteiger partial charge in [0.05, 0.1) is 18.0 Å². The Bertz CT molecular complexity index is 1460. The van der Waals surface area contributed by atoms with Crippen LogP contribution >= 0.6 is 0 Å². The molecule has 0 fully saturated rings. The average Bonchev–Trinajstić information content (AvgIpc) is 2.95. The van der Waals surface area contributed by atoms with Crippen molar-refractivity contribution in [2.24, 2.45) is 11.7 Å². The minimum atomic E-state index is -5.08. The van der Waals surface area contributed by atoms with Crippen LogP contribution in [0, 0.1) is 21.4 Å². The lowest BCUT2D eigenvalue weighted by Crippen LogP contribution is -2.42. The number of nitro benzene ring substituents is 1. The molecule has 2 atom stereocenters. The highest BCUT2D eigenvalue weighted by Crippen LogP contribution is 2.24. The molecule has 11 nitrogen and oxygen atoms in total. The zero-order chi connectivity index (χ0) is 31.6. The normalized spacial score (nSPS) is 12.1. The minimum Gasteiger partial charge on any atom is -0.475 e. The summed E-state index contributed by atoms with van der Waals surface area (Å²) >= 11 is 0. The number of nitrogens with zero attached hydrogens (tertiary/aromatic N) is 1. The summed E-state index contributed by atoms with van der Waals surface area (Å²) in [6, 6.07) is 19.4. The number of carbonyl (C=O) groups excluding carboxylic acids is 2. The van der Waals surface area contributed by atoms with Gasteiger partial charge in [-0.2, -0.15) is 13.2 Å². The Kier molecular flexibility index (Phi) is 11.3. The molecule has 0 aromatic heterocycles. The largest absolute Gasteiger partial charge is 0.490 e. The average molecular weight is 589 g/mol. The second-order valence-electron chi connectivity index (χ2n) is 8.90. The van der Waals surface area contributed by atoms with Crippen molar-refractivity contribution in [3.05, 3.63) is 99.6 Å². The van der Waals surface area contributed by atoms with E-state index in [1.807, 2.05) is 6.07 Å². The molecule has 0 radical (unpaired) electrons. The number of nitrogens with one attached hydrogen (secondary N) is 2. The fourth-order valence-corrected chi connectivity index (χ4v) is 3.74. The van der Waals surface area contributed by atoms with E-state index in [0.717, 1.165) is 11.1 Å². The van der Waals surface area contributed by atoms with E-state index in [1.54, 1.807) is 61.5 Å². The van der Waals surface area contributed by atoms with Crippen molar-refractivity contribution < 1.29 is 42.3 Å². The summed E-state index contributed by atoms with van der Waals surface area (Å²) in [5.74, 6) is -4.32. The first-order chi connectivity index (χ1) is 19.6.